The van der Waals surface area contributed by atoms with Crippen LogP contribution in [0.3, 0.4) is 0 Å². The second-order valence-corrected chi connectivity index (χ2v) is 7.71. The molecule has 3 atom stereocenters. The lowest BCUT2D eigenvalue weighted by Crippen LogP contribution is -2.43. The molecule has 2 fully saturated rings. The zero-order valence-electron chi connectivity index (χ0n) is 13.1. The van der Waals surface area contributed by atoms with E-state index in [1.807, 2.05) is 30.6 Å². The lowest BCUT2D eigenvalue weighted by atomic mass is 9.95. The summed E-state index contributed by atoms with van der Waals surface area (Å²) in [4.78, 5) is 16.9. The van der Waals surface area contributed by atoms with Gasteiger partial charge in [-0.05, 0) is 43.5 Å². The van der Waals surface area contributed by atoms with Crippen molar-refractivity contribution in [3.05, 3.63) is 48.5 Å². The molecule has 0 radical (unpaired) electrons. The van der Waals surface area contributed by atoms with Gasteiger partial charge in [0.25, 0.3) is 5.91 Å². The van der Waals surface area contributed by atoms with Gasteiger partial charge in [-0.1, -0.05) is 0 Å². The molecule has 2 N–H and O–H groups in total. The number of aromatic nitrogens is 2. The van der Waals surface area contributed by atoms with E-state index in [-0.39, 0.29) is 11.9 Å². The van der Waals surface area contributed by atoms with E-state index in [0.29, 0.717) is 17.8 Å². The highest BCUT2D eigenvalue weighted by atomic mass is 32.1. The van der Waals surface area contributed by atoms with Gasteiger partial charge >= 0.3 is 0 Å². The van der Waals surface area contributed by atoms with E-state index in [1.54, 1.807) is 17.5 Å². The van der Waals surface area contributed by atoms with Crippen LogP contribution in [0.25, 0.3) is 15.1 Å². The SMILES string of the molecule is O=C(N[C@@H]1C[C@H]2CC[C@@H]1N2)c1cc2sc(-n3cccc3)cc2cn1. The number of pyridine rings is 1. The average molecular weight is 338 g/mol. The van der Waals surface area contributed by atoms with Gasteiger partial charge in [-0.3, -0.25) is 9.78 Å². The van der Waals surface area contributed by atoms with Crippen molar-refractivity contribution in [3.63, 3.8) is 0 Å². The van der Waals surface area contributed by atoms with Gasteiger partial charge in [0.05, 0.1) is 0 Å². The minimum absolute atomic E-state index is 0.0628. The molecule has 0 aliphatic carbocycles. The van der Waals surface area contributed by atoms with Crippen LogP contribution in [0.15, 0.2) is 42.9 Å². The number of carbonyl (C=O) groups excluding carboxylic acids is 1. The highest BCUT2D eigenvalue weighted by Gasteiger charge is 2.39. The lowest BCUT2D eigenvalue weighted by Gasteiger charge is -2.21. The fourth-order valence-electron chi connectivity index (χ4n) is 3.88. The second-order valence-electron chi connectivity index (χ2n) is 6.65. The van der Waals surface area contributed by atoms with Crippen LogP contribution in [0.4, 0.5) is 0 Å². The van der Waals surface area contributed by atoms with Crippen molar-refractivity contribution in [1.82, 2.24) is 20.2 Å². The molecule has 122 valence electrons. The van der Waals surface area contributed by atoms with Gasteiger partial charge in [-0.15, -0.1) is 11.3 Å². The van der Waals surface area contributed by atoms with E-state index in [2.05, 4.69) is 26.3 Å². The topological polar surface area (TPSA) is 59.0 Å². The minimum atomic E-state index is -0.0628. The van der Waals surface area contributed by atoms with Crippen molar-refractivity contribution >= 4 is 27.3 Å². The molecular weight excluding hydrogens is 320 g/mol. The molecule has 0 spiro atoms. The summed E-state index contributed by atoms with van der Waals surface area (Å²) in [6.07, 6.45) is 9.27. The molecule has 0 aromatic carbocycles. The summed E-state index contributed by atoms with van der Waals surface area (Å²) in [6, 6.07) is 9.28. The quantitative estimate of drug-likeness (QED) is 0.772. The molecule has 5 rings (SSSR count). The van der Waals surface area contributed by atoms with Crippen LogP contribution in [-0.2, 0) is 0 Å². The van der Waals surface area contributed by atoms with Gasteiger partial charge in [0.2, 0.25) is 0 Å². The highest BCUT2D eigenvalue weighted by molar-refractivity contribution is 7.21. The van der Waals surface area contributed by atoms with Crippen LogP contribution in [0.1, 0.15) is 29.8 Å². The third-order valence-electron chi connectivity index (χ3n) is 5.10. The number of amides is 1. The third-order valence-corrected chi connectivity index (χ3v) is 6.21. The largest absolute Gasteiger partial charge is 0.346 e. The standard InChI is InChI=1S/C18H18N4OS/c23-18(21-14-8-12-3-4-13(14)20-12)15-9-16-11(10-19-15)7-17(24-16)22-5-1-2-6-22/h1-2,5-7,9-10,12-14,20H,3-4,8H2,(H,21,23)/t12-,13+,14-/m1/s1. The van der Waals surface area contributed by atoms with Gasteiger partial charge in [0.1, 0.15) is 10.7 Å². The van der Waals surface area contributed by atoms with Gasteiger partial charge in [-0.25, -0.2) is 0 Å². The lowest BCUT2D eigenvalue weighted by molar-refractivity contribution is 0.0926. The summed E-state index contributed by atoms with van der Waals surface area (Å²) in [5.41, 5.74) is 0.506. The Morgan fingerprint density at radius 2 is 2.17 bits per heavy atom. The van der Waals surface area contributed by atoms with Crippen molar-refractivity contribution < 1.29 is 4.79 Å². The Hall–Kier alpha value is -2.18. The van der Waals surface area contributed by atoms with Crippen molar-refractivity contribution in [2.45, 2.75) is 37.4 Å². The summed E-state index contributed by atoms with van der Waals surface area (Å²) in [7, 11) is 0. The van der Waals surface area contributed by atoms with Crippen molar-refractivity contribution in [2.24, 2.45) is 0 Å². The summed E-state index contributed by atoms with van der Waals surface area (Å²) in [5.74, 6) is -0.0628. The molecule has 2 aliphatic rings. The Morgan fingerprint density at radius 3 is 2.92 bits per heavy atom. The first-order valence-corrected chi connectivity index (χ1v) is 9.18. The molecule has 3 aromatic rings. The monoisotopic (exact) mass is 338 g/mol. The maximum Gasteiger partial charge on any atom is 0.270 e. The zero-order chi connectivity index (χ0) is 16.1. The van der Waals surface area contributed by atoms with E-state index < -0.39 is 0 Å². The molecule has 2 aliphatic heterocycles. The Balaban J connectivity index is 1.39. The summed E-state index contributed by atoms with van der Waals surface area (Å²) >= 11 is 1.67. The van der Waals surface area contributed by atoms with Crippen LogP contribution in [0.2, 0.25) is 0 Å². The van der Waals surface area contributed by atoms with Crippen LogP contribution in [-0.4, -0.2) is 33.6 Å². The number of nitrogens with zero attached hydrogens (tertiary/aromatic N) is 2. The molecule has 5 heterocycles. The maximum absolute atomic E-state index is 12.6. The van der Waals surface area contributed by atoms with E-state index >= 15 is 0 Å². The highest BCUT2D eigenvalue weighted by Crippen LogP contribution is 2.30. The number of hydrogen-bond acceptors (Lipinski definition) is 4. The Kier molecular flexibility index (Phi) is 3.21. The predicted molar refractivity (Wildman–Crippen MR) is 94.8 cm³/mol. The van der Waals surface area contributed by atoms with E-state index in [0.717, 1.165) is 27.9 Å². The van der Waals surface area contributed by atoms with E-state index in [1.165, 1.54) is 6.42 Å². The smallest absolute Gasteiger partial charge is 0.270 e. The molecule has 2 bridgehead atoms. The molecule has 6 heteroatoms. The number of rotatable bonds is 3. The Morgan fingerprint density at radius 1 is 1.29 bits per heavy atom. The summed E-state index contributed by atoms with van der Waals surface area (Å²) < 4.78 is 3.16. The zero-order valence-corrected chi connectivity index (χ0v) is 13.9. The second kappa shape index (κ2) is 5.43. The van der Waals surface area contributed by atoms with Crippen molar-refractivity contribution in [2.75, 3.05) is 0 Å². The maximum atomic E-state index is 12.6. The van der Waals surface area contributed by atoms with Crippen LogP contribution in [0, 0.1) is 0 Å². The molecule has 5 nitrogen and oxygen atoms in total. The average Bonchev–Trinajstić information content (AvgIpc) is 3.35. The van der Waals surface area contributed by atoms with Crippen molar-refractivity contribution in [1.29, 1.82) is 0 Å². The van der Waals surface area contributed by atoms with Gasteiger partial charge in [0.15, 0.2) is 0 Å². The molecule has 3 aromatic heterocycles. The van der Waals surface area contributed by atoms with Gasteiger partial charge in [-0.2, -0.15) is 0 Å². The summed E-state index contributed by atoms with van der Waals surface area (Å²) in [6.45, 7) is 0. The number of hydrogen-bond donors (Lipinski definition) is 2. The molecule has 24 heavy (non-hydrogen) atoms. The first kappa shape index (κ1) is 14.2. The van der Waals surface area contributed by atoms with Gasteiger partial charge < -0.3 is 15.2 Å². The fraction of sp³-hybridized carbons (Fsp3) is 0.333. The number of fused-ring (bicyclic) bond motifs is 3. The Labute approximate surface area is 143 Å². The van der Waals surface area contributed by atoms with Crippen LogP contribution >= 0.6 is 11.3 Å². The number of carbonyl (C=O) groups is 1. The summed E-state index contributed by atoms with van der Waals surface area (Å²) in [5, 5.41) is 8.91. The first-order chi connectivity index (χ1) is 11.8. The molecule has 1 amide bonds. The van der Waals surface area contributed by atoms with E-state index in [9.17, 15) is 4.79 Å². The van der Waals surface area contributed by atoms with Crippen LogP contribution in [0.5, 0.6) is 0 Å². The van der Waals surface area contributed by atoms with Crippen molar-refractivity contribution in [3.8, 4) is 5.00 Å². The first-order valence-electron chi connectivity index (χ1n) is 8.36. The third kappa shape index (κ3) is 2.34. The molecular formula is C18H18N4OS. The fourth-order valence-corrected chi connectivity index (χ4v) is 4.92. The number of thiophene rings is 1. The Bertz CT molecular complexity index is 901. The molecule has 0 unspecified atom stereocenters. The molecule has 2 saturated heterocycles. The van der Waals surface area contributed by atoms with E-state index in [4.69, 9.17) is 0 Å². The van der Waals surface area contributed by atoms with Gasteiger partial charge in [0, 0.05) is 46.8 Å². The molecule has 0 saturated carbocycles. The minimum Gasteiger partial charge on any atom is -0.346 e. The predicted octanol–water partition coefficient (Wildman–Crippen LogP) is 2.71. The van der Waals surface area contributed by atoms with Crippen LogP contribution < -0.4 is 10.6 Å². The number of nitrogens with one attached hydrogen (secondary N) is 2. The normalized spacial score (nSPS) is 25.4.